The third kappa shape index (κ3) is 2.50. The van der Waals surface area contributed by atoms with Crippen LogP contribution in [0.1, 0.15) is 5.56 Å². The highest BCUT2D eigenvalue weighted by Crippen LogP contribution is 2.13. The van der Waals surface area contributed by atoms with Crippen molar-refractivity contribution in [3.63, 3.8) is 0 Å². The summed E-state index contributed by atoms with van der Waals surface area (Å²) >= 11 is 4.73. The van der Waals surface area contributed by atoms with E-state index in [1.54, 1.807) is 0 Å². The summed E-state index contributed by atoms with van der Waals surface area (Å²) in [5, 5.41) is 0. The standard InChI is InChI=1S/C7H8I2Si/c8-6-1-5(4-10)2-7(9)3-6/h1-3H,4H2,10H3. The van der Waals surface area contributed by atoms with Gasteiger partial charge in [0.05, 0.1) is 0 Å². The predicted molar refractivity (Wildman–Crippen MR) is 65.5 cm³/mol. The van der Waals surface area contributed by atoms with E-state index >= 15 is 0 Å². The predicted octanol–water partition coefficient (Wildman–Crippen LogP) is 1.76. The molecule has 0 amide bonds. The molecule has 0 unspecified atom stereocenters. The first-order chi connectivity index (χ1) is 4.72. The maximum atomic E-state index is 2.37. The SMILES string of the molecule is [SiH3]Cc1cc(I)cc(I)c1. The molecule has 10 heavy (non-hydrogen) atoms. The molecule has 3 heteroatoms. The second-order valence-electron chi connectivity index (χ2n) is 2.13. The Labute approximate surface area is 91.5 Å². The average Bonchev–Trinajstić information content (AvgIpc) is 1.85. The third-order valence-electron chi connectivity index (χ3n) is 1.33. The maximum Gasteiger partial charge on any atom is 0.0143 e. The molecular weight excluding hydrogens is 366 g/mol. The molecule has 0 aliphatic carbocycles. The molecule has 0 radical (unpaired) electrons. The van der Waals surface area contributed by atoms with Gasteiger partial charge >= 0.3 is 0 Å². The first-order valence-corrected chi connectivity index (χ1v) is 6.74. The van der Waals surface area contributed by atoms with Crippen molar-refractivity contribution in [2.75, 3.05) is 0 Å². The lowest BCUT2D eigenvalue weighted by Crippen LogP contribution is -1.85. The van der Waals surface area contributed by atoms with Crippen LogP contribution >= 0.6 is 45.2 Å². The molecule has 0 aliphatic rings. The lowest BCUT2D eigenvalue weighted by atomic mass is 10.2. The molecule has 1 rings (SSSR count). The van der Waals surface area contributed by atoms with Crippen LogP contribution in [0, 0.1) is 7.14 Å². The second-order valence-corrected chi connectivity index (χ2v) is 5.33. The second kappa shape index (κ2) is 4.06. The molecule has 0 aromatic heterocycles. The molecule has 0 aliphatic heterocycles. The van der Waals surface area contributed by atoms with Crippen molar-refractivity contribution in [1.82, 2.24) is 0 Å². The van der Waals surface area contributed by atoms with E-state index in [0.717, 1.165) is 0 Å². The molecule has 0 nitrogen and oxygen atoms in total. The fourth-order valence-electron chi connectivity index (χ4n) is 0.815. The zero-order chi connectivity index (χ0) is 7.56. The summed E-state index contributed by atoms with van der Waals surface area (Å²) in [4.78, 5) is 0. The maximum absolute atomic E-state index is 2.37. The van der Waals surface area contributed by atoms with Gasteiger partial charge in [0.15, 0.2) is 0 Å². The van der Waals surface area contributed by atoms with Crippen molar-refractivity contribution in [2.45, 2.75) is 6.04 Å². The molecule has 54 valence electrons. The van der Waals surface area contributed by atoms with Gasteiger partial charge in [-0.2, -0.15) is 0 Å². The van der Waals surface area contributed by atoms with E-state index in [2.05, 4.69) is 63.4 Å². The number of rotatable bonds is 1. The molecule has 0 saturated heterocycles. The van der Waals surface area contributed by atoms with Gasteiger partial charge in [0, 0.05) is 17.4 Å². The third-order valence-corrected chi connectivity index (χ3v) is 3.39. The minimum absolute atomic E-state index is 1.27. The summed E-state index contributed by atoms with van der Waals surface area (Å²) in [6.45, 7) is 0. The van der Waals surface area contributed by atoms with Gasteiger partial charge in [0.2, 0.25) is 0 Å². The van der Waals surface area contributed by atoms with Gasteiger partial charge in [-0.15, -0.1) is 0 Å². The van der Waals surface area contributed by atoms with Crippen LogP contribution in [0.2, 0.25) is 0 Å². The molecule has 0 bridgehead atoms. The normalized spacial score (nSPS) is 10.2. The minimum Gasteiger partial charge on any atom is -0.0495 e. The molecule has 0 fully saturated rings. The van der Waals surface area contributed by atoms with E-state index in [1.807, 2.05) is 0 Å². The van der Waals surface area contributed by atoms with Gasteiger partial charge in [-0.3, -0.25) is 0 Å². The Kier molecular flexibility index (Phi) is 3.65. The Morgan fingerprint density at radius 2 is 1.60 bits per heavy atom. The monoisotopic (exact) mass is 374 g/mol. The van der Waals surface area contributed by atoms with E-state index in [1.165, 1.54) is 29.0 Å². The van der Waals surface area contributed by atoms with E-state index < -0.39 is 0 Å². The lowest BCUT2D eigenvalue weighted by molar-refractivity contribution is 1.37. The molecule has 0 spiro atoms. The van der Waals surface area contributed by atoms with Gasteiger partial charge in [0.1, 0.15) is 0 Å². The summed E-state index contributed by atoms with van der Waals surface area (Å²) in [7, 11) is 1.27. The van der Waals surface area contributed by atoms with Gasteiger partial charge in [-0.25, -0.2) is 0 Å². The van der Waals surface area contributed by atoms with Crippen LogP contribution in [0.3, 0.4) is 0 Å². The summed E-state index contributed by atoms with van der Waals surface area (Å²) < 4.78 is 2.71. The van der Waals surface area contributed by atoms with Crippen LogP contribution in [0.5, 0.6) is 0 Å². The zero-order valence-electron chi connectivity index (χ0n) is 5.70. The Bertz CT molecular complexity index is 215. The van der Waals surface area contributed by atoms with Crippen molar-refractivity contribution in [3.8, 4) is 0 Å². The molecular formula is C7H8I2Si. The average molecular weight is 374 g/mol. The van der Waals surface area contributed by atoms with Gasteiger partial charge in [0.25, 0.3) is 0 Å². The summed E-state index contributed by atoms with van der Waals surface area (Å²) in [5.74, 6) is 0. The van der Waals surface area contributed by atoms with Crippen molar-refractivity contribution < 1.29 is 0 Å². The molecule has 0 N–H and O–H groups in total. The Balaban J connectivity index is 3.06. The summed E-state index contributed by atoms with van der Waals surface area (Å²) in [6, 6.07) is 7.99. The van der Waals surface area contributed by atoms with Crippen LogP contribution in [0.25, 0.3) is 0 Å². The topological polar surface area (TPSA) is 0 Å². The van der Waals surface area contributed by atoms with Crippen LogP contribution in [0.15, 0.2) is 18.2 Å². The summed E-state index contributed by atoms with van der Waals surface area (Å²) in [5.41, 5.74) is 1.49. The number of hydrogen-bond acceptors (Lipinski definition) is 0. The van der Waals surface area contributed by atoms with E-state index in [-0.39, 0.29) is 0 Å². The van der Waals surface area contributed by atoms with Crippen molar-refractivity contribution in [2.24, 2.45) is 0 Å². The molecule has 0 saturated carbocycles. The van der Waals surface area contributed by atoms with E-state index in [0.29, 0.717) is 0 Å². The molecule has 1 aromatic rings. The van der Waals surface area contributed by atoms with Crippen molar-refractivity contribution >= 4 is 55.4 Å². The van der Waals surface area contributed by atoms with Gasteiger partial charge in [-0.05, 0) is 75.0 Å². The van der Waals surface area contributed by atoms with Crippen LogP contribution in [-0.4, -0.2) is 10.2 Å². The summed E-state index contributed by atoms with van der Waals surface area (Å²) in [6.07, 6.45) is 0. The fourth-order valence-corrected chi connectivity index (χ4v) is 3.29. The highest BCUT2D eigenvalue weighted by molar-refractivity contribution is 14.1. The fraction of sp³-hybridized carbons (Fsp3) is 0.143. The quantitative estimate of drug-likeness (QED) is 0.520. The Morgan fingerprint density at radius 3 is 2.00 bits per heavy atom. The van der Waals surface area contributed by atoms with Gasteiger partial charge < -0.3 is 0 Å². The first-order valence-electron chi connectivity index (χ1n) is 3.17. The highest BCUT2D eigenvalue weighted by atomic mass is 127. The number of halogens is 2. The molecule has 1 aromatic carbocycles. The van der Waals surface area contributed by atoms with Crippen LogP contribution in [-0.2, 0) is 6.04 Å². The Morgan fingerprint density at radius 1 is 1.10 bits per heavy atom. The largest absolute Gasteiger partial charge is 0.0495 e. The molecule has 0 heterocycles. The van der Waals surface area contributed by atoms with E-state index in [9.17, 15) is 0 Å². The van der Waals surface area contributed by atoms with Crippen LogP contribution in [0.4, 0.5) is 0 Å². The number of hydrogen-bond donors (Lipinski definition) is 0. The van der Waals surface area contributed by atoms with Gasteiger partial charge in [-0.1, -0.05) is 0 Å². The smallest absolute Gasteiger partial charge is 0.0143 e. The van der Waals surface area contributed by atoms with Crippen molar-refractivity contribution in [3.05, 3.63) is 30.9 Å². The highest BCUT2D eigenvalue weighted by Gasteiger charge is 1.93. The van der Waals surface area contributed by atoms with Crippen molar-refractivity contribution in [1.29, 1.82) is 0 Å². The molecule has 0 atom stereocenters. The number of benzene rings is 1. The van der Waals surface area contributed by atoms with Crippen LogP contribution < -0.4 is 0 Å². The first kappa shape index (κ1) is 8.99. The minimum atomic E-state index is 1.27. The Hall–Kier alpha value is 0.897. The zero-order valence-corrected chi connectivity index (χ0v) is 12.0. The lowest BCUT2D eigenvalue weighted by Gasteiger charge is -1.98. The van der Waals surface area contributed by atoms with E-state index in [4.69, 9.17) is 0 Å².